The highest BCUT2D eigenvalue weighted by atomic mass is 16.5. The van der Waals surface area contributed by atoms with Crippen LogP contribution in [0.25, 0.3) is 0 Å². The number of hydrogen-bond acceptors (Lipinski definition) is 5. The van der Waals surface area contributed by atoms with Gasteiger partial charge >= 0.3 is 0 Å². The second-order valence-corrected chi connectivity index (χ2v) is 8.55. The molecule has 2 amide bonds. The Hall–Kier alpha value is -2.28. The van der Waals surface area contributed by atoms with Gasteiger partial charge in [0.05, 0.1) is 19.8 Å². The Kier molecular flexibility index (Phi) is 6.18. The zero-order valence-corrected chi connectivity index (χ0v) is 18.0. The van der Waals surface area contributed by atoms with Crippen molar-refractivity contribution in [2.45, 2.75) is 44.6 Å². The lowest BCUT2D eigenvalue weighted by Gasteiger charge is -2.51. The first kappa shape index (κ1) is 21.0. The number of likely N-dealkylation sites (tertiary alicyclic amines) is 2. The van der Waals surface area contributed by atoms with E-state index in [-0.39, 0.29) is 17.2 Å². The Morgan fingerprint density at radius 3 is 2.40 bits per heavy atom. The highest BCUT2D eigenvalue weighted by Gasteiger charge is 2.52. The molecule has 0 aliphatic carbocycles. The number of para-hydroxylation sites is 1. The predicted molar refractivity (Wildman–Crippen MR) is 112 cm³/mol. The second-order valence-electron chi connectivity index (χ2n) is 8.55. The van der Waals surface area contributed by atoms with Gasteiger partial charge in [0.1, 0.15) is 6.04 Å². The summed E-state index contributed by atoms with van der Waals surface area (Å²) in [7, 11) is 3.10. The number of ether oxygens (including phenoxy) is 3. The van der Waals surface area contributed by atoms with Crippen molar-refractivity contribution in [2.24, 2.45) is 5.41 Å². The highest BCUT2D eigenvalue weighted by molar-refractivity contribution is 6.00. The van der Waals surface area contributed by atoms with Gasteiger partial charge in [-0.3, -0.25) is 9.59 Å². The van der Waals surface area contributed by atoms with E-state index < -0.39 is 6.04 Å². The normalized spacial score (nSPS) is 23.5. The molecule has 1 aromatic carbocycles. The monoisotopic (exact) mass is 416 g/mol. The van der Waals surface area contributed by atoms with Crippen molar-refractivity contribution in [3.8, 4) is 11.5 Å². The summed E-state index contributed by atoms with van der Waals surface area (Å²) in [4.78, 5) is 31.3. The molecule has 1 atom stereocenters. The molecule has 0 radical (unpaired) electrons. The Balaban J connectivity index is 1.73. The smallest absolute Gasteiger partial charge is 0.258 e. The fraction of sp³-hybridized carbons (Fsp3) is 0.652. The van der Waals surface area contributed by atoms with Crippen molar-refractivity contribution in [3.63, 3.8) is 0 Å². The van der Waals surface area contributed by atoms with Gasteiger partial charge in [-0.25, -0.2) is 0 Å². The first-order valence-corrected chi connectivity index (χ1v) is 11.0. The largest absolute Gasteiger partial charge is 0.493 e. The Labute approximate surface area is 178 Å². The van der Waals surface area contributed by atoms with E-state index in [1.54, 1.807) is 25.3 Å². The number of benzene rings is 1. The lowest BCUT2D eigenvalue weighted by molar-refractivity contribution is -0.147. The van der Waals surface area contributed by atoms with E-state index in [1.807, 2.05) is 9.80 Å². The number of piperidine rings is 1. The van der Waals surface area contributed by atoms with E-state index in [2.05, 4.69) is 0 Å². The zero-order chi connectivity index (χ0) is 21.1. The molecule has 0 bridgehead atoms. The molecule has 3 aliphatic rings. The highest BCUT2D eigenvalue weighted by Crippen LogP contribution is 2.46. The van der Waals surface area contributed by atoms with Gasteiger partial charge in [0.2, 0.25) is 5.91 Å². The van der Waals surface area contributed by atoms with E-state index >= 15 is 0 Å². The maximum absolute atomic E-state index is 13.8. The van der Waals surface area contributed by atoms with Crippen LogP contribution < -0.4 is 9.47 Å². The van der Waals surface area contributed by atoms with Crippen LogP contribution in [0.1, 0.15) is 48.9 Å². The van der Waals surface area contributed by atoms with E-state index in [4.69, 9.17) is 14.2 Å². The van der Waals surface area contributed by atoms with E-state index in [9.17, 15) is 9.59 Å². The molecule has 1 aromatic rings. The van der Waals surface area contributed by atoms with E-state index in [0.29, 0.717) is 36.8 Å². The average Bonchev–Trinajstić information content (AvgIpc) is 3.33. The van der Waals surface area contributed by atoms with Crippen LogP contribution in [-0.4, -0.2) is 74.7 Å². The maximum atomic E-state index is 13.8. The molecule has 3 aliphatic heterocycles. The van der Waals surface area contributed by atoms with Crippen LogP contribution in [0.15, 0.2) is 18.2 Å². The quantitative estimate of drug-likeness (QED) is 0.755. The minimum atomic E-state index is -0.448. The maximum Gasteiger partial charge on any atom is 0.258 e. The minimum Gasteiger partial charge on any atom is -0.493 e. The van der Waals surface area contributed by atoms with Gasteiger partial charge in [0.25, 0.3) is 5.91 Å². The summed E-state index contributed by atoms with van der Waals surface area (Å²) < 4.78 is 16.5. The van der Waals surface area contributed by atoms with Crippen LogP contribution in [0.5, 0.6) is 11.5 Å². The third kappa shape index (κ3) is 3.64. The molecule has 30 heavy (non-hydrogen) atoms. The molecule has 3 fully saturated rings. The van der Waals surface area contributed by atoms with Crippen molar-refractivity contribution < 1.29 is 23.8 Å². The van der Waals surface area contributed by atoms with Gasteiger partial charge in [-0.2, -0.15) is 0 Å². The third-order valence-corrected chi connectivity index (χ3v) is 7.00. The van der Waals surface area contributed by atoms with Crippen LogP contribution in [0.3, 0.4) is 0 Å². The molecule has 7 heteroatoms. The SMILES string of the molecule is COc1cccc(C(=O)N2CCCC3(CCOCC3)C2C(=O)N2CCCC2)c1OC. The van der Waals surface area contributed by atoms with Crippen molar-refractivity contribution in [1.82, 2.24) is 9.80 Å². The minimum absolute atomic E-state index is 0.101. The van der Waals surface area contributed by atoms with Crippen molar-refractivity contribution >= 4 is 11.8 Å². The van der Waals surface area contributed by atoms with Crippen molar-refractivity contribution in [2.75, 3.05) is 47.1 Å². The van der Waals surface area contributed by atoms with Crippen LogP contribution >= 0.6 is 0 Å². The molecule has 164 valence electrons. The summed E-state index contributed by atoms with van der Waals surface area (Å²) in [5.41, 5.74) is 0.234. The fourth-order valence-electron chi connectivity index (χ4n) is 5.43. The molecule has 0 saturated carbocycles. The molecule has 4 rings (SSSR count). The summed E-state index contributed by atoms with van der Waals surface area (Å²) in [6.07, 6.45) is 5.55. The van der Waals surface area contributed by atoms with E-state index in [1.165, 1.54) is 7.11 Å². The molecule has 0 aromatic heterocycles. The number of rotatable bonds is 4. The van der Waals surface area contributed by atoms with Crippen LogP contribution in [0, 0.1) is 5.41 Å². The van der Waals surface area contributed by atoms with Crippen LogP contribution in [0.2, 0.25) is 0 Å². The van der Waals surface area contributed by atoms with Crippen molar-refractivity contribution in [1.29, 1.82) is 0 Å². The number of hydrogen-bond donors (Lipinski definition) is 0. The van der Waals surface area contributed by atoms with Crippen LogP contribution in [-0.2, 0) is 9.53 Å². The lowest BCUT2D eigenvalue weighted by atomic mass is 9.67. The standard InChI is InChI=1S/C23H32N2O5/c1-28-18-8-5-7-17(19(18)29-2)21(26)25-14-6-9-23(10-15-30-16-11-23)20(25)22(27)24-12-3-4-13-24/h5,7-8,20H,3-4,6,9-16H2,1-2H3. The molecule has 7 nitrogen and oxygen atoms in total. The third-order valence-electron chi connectivity index (χ3n) is 7.00. The fourth-order valence-corrected chi connectivity index (χ4v) is 5.43. The number of nitrogens with zero attached hydrogens (tertiary/aromatic N) is 2. The number of amides is 2. The van der Waals surface area contributed by atoms with Crippen molar-refractivity contribution in [3.05, 3.63) is 23.8 Å². The average molecular weight is 417 g/mol. The predicted octanol–water partition coefficient (Wildman–Crippen LogP) is 2.73. The summed E-state index contributed by atoms with van der Waals surface area (Å²) in [6.45, 7) is 3.44. The summed E-state index contributed by atoms with van der Waals surface area (Å²) in [5.74, 6) is 0.880. The van der Waals surface area contributed by atoms with Gasteiger partial charge in [0, 0.05) is 38.3 Å². The molecule has 3 heterocycles. The summed E-state index contributed by atoms with van der Waals surface area (Å²) >= 11 is 0. The van der Waals surface area contributed by atoms with Gasteiger partial charge in [-0.1, -0.05) is 6.07 Å². The summed E-state index contributed by atoms with van der Waals surface area (Å²) in [5, 5.41) is 0. The Bertz CT molecular complexity index is 778. The Morgan fingerprint density at radius 2 is 1.73 bits per heavy atom. The number of methoxy groups -OCH3 is 2. The first-order chi connectivity index (χ1) is 14.6. The molecular formula is C23H32N2O5. The molecule has 1 unspecified atom stereocenters. The van der Waals surface area contributed by atoms with Gasteiger partial charge in [-0.05, 0) is 50.7 Å². The number of carbonyl (C=O) groups excluding carboxylic acids is 2. The van der Waals surface area contributed by atoms with E-state index in [0.717, 1.165) is 51.6 Å². The first-order valence-electron chi connectivity index (χ1n) is 11.0. The molecule has 1 spiro atoms. The van der Waals surface area contributed by atoms with Crippen LogP contribution in [0.4, 0.5) is 0 Å². The van der Waals surface area contributed by atoms with Gasteiger partial charge in [0.15, 0.2) is 11.5 Å². The topological polar surface area (TPSA) is 68.3 Å². The second kappa shape index (κ2) is 8.84. The molecular weight excluding hydrogens is 384 g/mol. The lowest BCUT2D eigenvalue weighted by Crippen LogP contribution is -2.62. The molecule has 3 saturated heterocycles. The van der Waals surface area contributed by atoms with Gasteiger partial charge < -0.3 is 24.0 Å². The zero-order valence-electron chi connectivity index (χ0n) is 18.0. The number of carbonyl (C=O) groups is 2. The van der Waals surface area contributed by atoms with Gasteiger partial charge in [-0.15, -0.1) is 0 Å². The molecule has 0 N–H and O–H groups in total. The summed E-state index contributed by atoms with van der Waals surface area (Å²) in [6, 6.07) is 4.88. The Morgan fingerprint density at radius 1 is 1.00 bits per heavy atom.